The van der Waals surface area contributed by atoms with Crippen molar-refractivity contribution in [2.45, 2.75) is 65.2 Å². The van der Waals surface area contributed by atoms with E-state index >= 15 is 0 Å². The third-order valence-electron chi connectivity index (χ3n) is 8.77. The molecule has 4 aliphatic rings. The van der Waals surface area contributed by atoms with E-state index in [4.69, 9.17) is 0 Å². The molecule has 0 radical (unpaired) electrons. The number of hydrogen-bond acceptors (Lipinski definition) is 1. The summed E-state index contributed by atoms with van der Waals surface area (Å²) in [5, 5.41) is 0. The van der Waals surface area contributed by atoms with Crippen molar-refractivity contribution in [1.29, 1.82) is 0 Å². The van der Waals surface area contributed by atoms with E-state index in [1.54, 1.807) is 5.57 Å². The topological polar surface area (TPSA) is 12.9 Å². The van der Waals surface area contributed by atoms with Crippen molar-refractivity contribution in [3.8, 4) is 0 Å². The lowest BCUT2D eigenvalue weighted by molar-refractivity contribution is -0.0443. The lowest BCUT2D eigenvalue weighted by Crippen LogP contribution is -2.47. The van der Waals surface area contributed by atoms with Gasteiger partial charge in [-0.05, 0) is 103 Å². The van der Waals surface area contributed by atoms with E-state index in [9.17, 15) is 0 Å². The van der Waals surface area contributed by atoms with Crippen molar-refractivity contribution in [2.24, 2.45) is 40.9 Å². The molecule has 1 aromatic heterocycles. The molecule has 1 heterocycles. The maximum absolute atomic E-state index is 4.40. The Balaban J connectivity index is 1.41. The minimum absolute atomic E-state index is 0.402. The van der Waals surface area contributed by atoms with E-state index in [1.807, 2.05) is 6.20 Å². The zero-order valence-corrected chi connectivity index (χ0v) is 16.0. The van der Waals surface area contributed by atoms with Gasteiger partial charge < -0.3 is 0 Å². The summed E-state index contributed by atoms with van der Waals surface area (Å²) in [7, 11) is 0. The van der Waals surface area contributed by atoms with Gasteiger partial charge in [0.2, 0.25) is 0 Å². The second kappa shape index (κ2) is 5.96. The Morgan fingerprint density at radius 1 is 1.04 bits per heavy atom. The Hall–Kier alpha value is -1.11. The second-order valence-corrected chi connectivity index (χ2v) is 9.91. The normalized spacial score (nSPS) is 45.9. The van der Waals surface area contributed by atoms with Gasteiger partial charge in [-0.15, -0.1) is 0 Å². The van der Waals surface area contributed by atoms with Crippen LogP contribution in [0.1, 0.15) is 70.8 Å². The van der Waals surface area contributed by atoms with Gasteiger partial charge in [-0.25, -0.2) is 0 Å². The van der Waals surface area contributed by atoms with Crippen molar-refractivity contribution in [2.75, 3.05) is 0 Å². The van der Waals surface area contributed by atoms with Crippen LogP contribution in [0.25, 0.3) is 5.57 Å². The first kappa shape index (κ1) is 16.1. The zero-order chi connectivity index (χ0) is 17.0. The van der Waals surface area contributed by atoms with Crippen molar-refractivity contribution in [1.82, 2.24) is 4.98 Å². The Labute approximate surface area is 153 Å². The highest BCUT2D eigenvalue weighted by atomic mass is 14.6. The van der Waals surface area contributed by atoms with Crippen LogP contribution in [0.4, 0.5) is 0 Å². The Bertz CT molecular complexity index is 662. The average Bonchev–Trinajstić information content (AvgIpc) is 2.99. The average molecular weight is 336 g/mol. The van der Waals surface area contributed by atoms with Crippen LogP contribution in [0, 0.1) is 40.9 Å². The molecule has 0 amide bonds. The molecule has 0 aromatic carbocycles. The van der Waals surface area contributed by atoms with Gasteiger partial charge in [-0.3, -0.25) is 4.98 Å². The first-order chi connectivity index (χ1) is 12.2. The van der Waals surface area contributed by atoms with Crippen LogP contribution in [0.15, 0.2) is 30.6 Å². The number of allylic oxidation sites excluding steroid dienone is 2. The van der Waals surface area contributed by atoms with Gasteiger partial charge in [-0.2, -0.15) is 0 Å². The van der Waals surface area contributed by atoms with Crippen molar-refractivity contribution < 1.29 is 0 Å². The fourth-order valence-electron chi connectivity index (χ4n) is 7.62. The fraction of sp³-hybridized carbons (Fsp3) is 0.708. The minimum Gasteiger partial charge on any atom is -0.264 e. The van der Waals surface area contributed by atoms with E-state index in [2.05, 4.69) is 43.2 Å². The quantitative estimate of drug-likeness (QED) is 0.581. The molecule has 7 unspecified atom stereocenters. The third-order valence-corrected chi connectivity index (χ3v) is 8.77. The number of pyridine rings is 1. The summed E-state index contributed by atoms with van der Waals surface area (Å²) in [4.78, 5) is 4.40. The van der Waals surface area contributed by atoms with Crippen molar-refractivity contribution in [3.05, 3.63) is 36.2 Å². The molecule has 1 nitrogen and oxygen atoms in total. The van der Waals surface area contributed by atoms with E-state index in [1.165, 1.54) is 56.9 Å². The van der Waals surface area contributed by atoms with Crippen LogP contribution >= 0.6 is 0 Å². The Morgan fingerprint density at radius 2 is 1.92 bits per heavy atom. The molecule has 3 saturated carbocycles. The molecule has 0 aliphatic heterocycles. The van der Waals surface area contributed by atoms with Crippen LogP contribution < -0.4 is 0 Å². The number of fused-ring (bicyclic) bond motifs is 5. The molecule has 0 saturated heterocycles. The predicted molar refractivity (Wildman–Crippen MR) is 104 cm³/mol. The number of nitrogens with zero attached hydrogens (tertiary/aromatic N) is 1. The summed E-state index contributed by atoms with van der Waals surface area (Å²) in [5.74, 6) is 6.01. The standard InChI is InChI=1S/C24H33N/c1-16-5-7-19-17(14-16)6-8-21-20(19)11-12-24(2)22(9-10-23(21)24)18-4-3-13-25-15-18/h3-4,9,13,15-17,19-21,23H,5-8,10-12,14H2,1-2H3. The highest BCUT2D eigenvalue weighted by Gasteiger charge is 2.54. The SMILES string of the molecule is CC1CCC2C(CCC3C2CCC2(C)C(c4cccnc4)=CCC32)C1. The number of rotatable bonds is 1. The largest absolute Gasteiger partial charge is 0.264 e. The minimum atomic E-state index is 0.402. The zero-order valence-electron chi connectivity index (χ0n) is 16.0. The fourth-order valence-corrected chi connectivity index (χ4v) is 7.62. The number of hydrogen-bond donors (Lipinski definition) is 0. The first-order valence-electron chi connectivity index (χ1n) is 10.8. The van der Waals surface area contributed by atoms with Gasteiger partial charge in [0.15, 0.2) is 0 Å². The predicted octanol–water partition coefficient (Wildman–Crippen LogP) is 6.36. The molecule has 1 heteroatoms. The first-order valence-corrected chi connectivity index (χ1v) is 10.8. The van der Waals surface area contributed by atoms with E-state index in [0.29, 0.717) is 5.41 Å². The highest BCUT2D eigenvalue weighted by molar-refractivity contribution is 5.72. The molecular weight excluding hydrogens is 302 g/mol. The van der Waals surface area contributed by atoms with Crippen molar-refractivity contribution >= 4 is 5.57 Å². The summed E-state index contributed by atoms with van der Waals surface area (Å²) in [6.07, 6.45) is 18.3. The summed E-state index contributed by atoms with van der Waals surface area (Å²) in [5.41, 5.74) is 3.40. The molecule has 134 valence electrons. The summed E-state index contributed by atoms with van der Waals surface area (Å²) < 4.78 is 0. The molecule has 5 rings (SSSR count). The molecule has 7 atom stereocenters. The monoisotopic (exact) mass is 335 g/mol. The molecular formula is C24H33N. The van der Waals surface area contributed by atoms with Crippen LogP contribution in [0.5, 0.6) is 0 Å². The Kier molecular flexibility index (Phi) is 3.84. The Morgan fingerprint density at radius 3 is 2.76 bits per heavy atom. The second-order valence-electron chi connectivity index (χ2n) is 9.91. The van der Waals surface area contributed by atoms with Gasteiger partial charge in [0, 0.05) is 12.4 Å². The number of aromatic nitrogens is 1. The van der Waals surface area contributed by atoms with Crippen LogP contribution in [-0.2, 0) is 0 Å². The van der Waals surface area contributed by atoms with Crippen LogP contribution in [0.3, 0.4) is 0 Å². The smallest absolute Gasteiger partial charge is 0.0343 e. The summed E-state index contributed by atoms with van der Waals surface area (Å²) in [6.45, 7) is 5.07. The molecule has 25 heavy (non-hydrogen) atoms. The lowest BCUT2D eigenvalue weighted by atomic mass is 9.49. The lowest BCUT2D eigenvalue weighted by Gasteiger charge is -2.56. The van der Waals surface area contributed by atoms with Crippen molar-refractivity contribution in [3.63, 3.8) is 0 Å². The van der Waals surface area contributed by atoms with Gasteiger partial charge in [0.25, 0.3) is 0 Å². The molecule has 3 fully saturated rings. The van der Waals surface area contributed by atoms with Crippen LogP contribution in [-0.4, -0.2) is 4.98 Å². The molecule has 0 N–H and O–H groups in total. The summed E-state index contributed by atoms with van der Waals surface area (Å²) in [6, 6.07) is 4.38. The van der Waals surface area contributed by atoms with E-state index in [0.717, 1.165) is 35.5 Å². The molecule has 0 bridgehead atoms. The molecule has 0 spiro atoms. The third kappa shape index (κ3) is 2.45. The maximum atomic E-state index is 4.40. The molecule has 1 aromatic rings. The molecule has 4 aliphatic carbocycles. The van der Waals surface area contributed by atoms with Gasteiger partial charge in [0.05, 0.1) is 0 Å². The summed E-state index contributed by atoms with van der Waals surface area (Å²) >= 11 is 0. The van der Waals surface area contributed by atoms with Crippen LogP contribution in [0.2, 0.25) is 0 Å². The maximum Gasteiger partial charge on any atom is 0.0343 e. The van der Waals surface area contributed by atoms with E-state index < -0.39 is 0 Å². The van der Waals surface area contributed by atoms with Gasteiger partial charge in [0.1, 0.15) is 0 Å². The van der Waals surface area contributed by atoms with E-state index in [-0.39, 0.29) is 0 Å². The highest BCUT2D eigenvalue weighted by Crippen LogP contribution is 2.64. The van der Waals surface area contributed by atoms with Gasteiger partial charge in [-0.1, -0.05) is 32.4 Å². The van der Waals surface area contributed by atoms with Gasteiger partial charge >= 0.3 is 0 Å².